The number of rotatable bonds is 4. The molecule has 0 spiro atoms. The van der Waals surface area contributed by atoms with E-state index in [2.05, 4.69) is 6.07 Å². The smallest absolute Gasteiger partial charge is 0.114 e. The first-order valence-electron chi connectivity index (χ1n) is 8.64. The van der Waals surface area contributed by atoms with Gasteiger partial charge in [0.15, 0.2) is 0 Å². The minimum absolute atomic E-state index is 0.179. The molecule has 3 rings (SSSR count). The lowest BCUT2D eigenvalue weighted by molar-refractivity contribution is 0.0326. The number of aryl methyl sites for hydroxylation is 2. The fraction of sp³-hybridized carbons (Fsp3) is 0.667. The van der Waals surface area contributed by atoms with Gasteiger partial charge in [-0.15, -0.1) is 11.8 Å². The van der Waals surface area contributed by atoms with Gasteiger partial charge in [0, 0.05) is 28.5 Å². The Labute approximate surface area is 150 Å². The number of aliphatic hydroxyl groups is 1. The summed E-state index contributed by atoms with van der Waals surface area (Å²) in [5.74, 6) is 0.456. The quantitative estimate of drug-likeness (QED) is 0.832. The third kappa shape index (κ3) is 3.68. The number of pyridine rings is 1. The fourth-order valence-corrected chi connectivity index (χ4v) is 6.42. The van der Waals surface area contributed by atoms with E-state index in [1.807, 2.05) is 6.07 Å². The first kappa shape index (κ1) is 17.9. The van der Waals surface area contributed by atoms with E-state index in [0.717, 1.165) is 55.7 Å². The molecule has 0 bridgehead atoms. The SMILES string of the molecule is C[S@](=O)[C@H]1CCCC[C@]1(O)CSc1nc2c(cc1C#N)CCCC2. The summed E-state index contributed by atoms with van der Waals surface area (Å²) < 4.78 is 12.0. The van der Waals surface area contributed by atoms with E-state index in [4.69, 9.17) is 4.98 Å². The highest BCUT2D eigenvalue weighted by Crippen LogP contribution is 2.37. The Hall–Kier alpha value is -0.900. The number of nitrogens with zero attached hydrogens (tertiary/aromatic N) is 2. The molecule has 0 amide bonds. The number of hydrogen-bond donors (Lipinski definition) is 1. The van der Waals surface area contributed by atoms with E-state index < -0.39 is 16.4 Å². The summed E-state index contributed by atoms with van der Waals surface area (Å²) in [4.78, 5) is 4.72. The Balaban J connectivity index is 1.80. The molecular weight excluding hydrogens is 340 g/mol. The molecule has 4 nitrogen and oxygen atoms in total. The van der Waals surface area contributed by atoms with Gasteiger partial charge in [0.05, 0.1) is 16.4 Å². The maximum Gasteiger partial charge on any atom is 0.114 e. The molecule has 0 unspecified atom stereocenters. The van der Waals surface area contributed by atoms with Crippen LogP contribution in [0.5, 0.6) is 0 Å². The summed E-state index contributed by atoms with van der Waals surface area (Å²) in [7, 11) is -1.04. The Kier molecular flexibility index (Phi) is 5.63. The highest BCUT2D eigenvalue weighted by molar-refractivity contribution is 7.99. The van der Waals surface area contributed by atoms with Crippen LogP contribution in [0, 0.1) is 11.3 Å². The summed E-state index contributed by atoms with van der Waals surface area (Å²) in [6.07, 6.45) is 9.45. The molecule has 130 valence electrons. The van der Waals surface area contributed by atoms with Crippen molar-refractivity contribution >= 4 is 22.6 Å². The van der Waals surface area contributed by atoms with Crippen molar-refractivity contribution in [3.05, 3.63) is 22.9 Å². The summed E-state index contributed by atoms with van der Waals surface area (Å²) in [6, 6.07) is 4.23. The van der Waals surface area contributed by atoms with Gasteiger partial charge >= 0.3 is 0 Å². The van der Waals surface area contributed by atoms with Crippen molar-refractivity contribution in [2.75, 3.05) is 12.0 Å². The molecule has 24 heavy (non-hydrogen) atoms. The van der Waals surface area contributed by atoms with Crippen LogP contribution < -0.4 is 0 Å². The second-order valence-corrected chi connectivity index (χ2v) is 9.42. The molecule has 1 heterocycles. The van der Waals surface area contributed by atoms with Crippen LogP contribution in [0.3, 0.4) is 0 Å². The molecule has 6 heteroatoms. The van der Waals surface area contributed by atoms with Crippen molar-refractivity contribution in [3.63, 3.8) is 0 Å². The van der Waals surface area contributed by atoms with Crippen LogP contribution >= 0.6 is 11.8 Å². The fourth-order valence-electron chi connectivity index (χ4n) is 3.83. The Morgan fingerprint density at radius 3 is 2.96 bits per heavy atom. The second-order valence-electron chi connectivity index (χ2n) is 6.89. The van der Waals surface area contributed by atoms with Gasteiger partial charge in [-0.05, 0) is 50.2 Å². The summed E-state index contributed by atoms with van der Waals surface area (Å²) in [5.41, 5.74) is 1.99. The molecule has 1 N–H and O–H groups in total. The molecule has 1 fully saturated rings. The van der Waals surface area contributed by atoms with Gasteiger partial charge in [0.2, 0.25) is 0 Å². The van der Waals surface area contributed by atoms with Crippen molar-refractivity contribution in [3.8, 4) is 6.07 Å². The monoisotopic (exact) mass is 364 g/mol. The number of nitriles is 1. The molecule has 0 radical (unpaired) electrons. The van der Waals surface area contributed by atoms with E-state index in [9.17, 15) is 14.6 Å². The molecule has 2 aliphatic rings. The number of fused-ring (bicyclic) bond motifs is 1. The van der Waals surface area contributed by atoms with Crippen LogP contribution in [0.1, 0.15) is 55.3 Å². The number of hydrogen-bond acceptors (Lipinski definition) is 5. The highest BCUT2D eigenvalue weighted by atomic mass is 32.2. The van der Waals surface area contributed by atoms with Crippen molar-refractivity contribution in [1.29, 1.82) is 5.26 Å². The average molecular weight is 365 g/mol. The lowest BCUT2D eigenvalue weighted by Crippen LogP contribution is -2.49. The molecule has 2 aliphatic carbocycles. The second kappa shape index (κ2) is 7.55. The van der Waals surface area contributed by atoms with Gasteiger partial charge in [-0.1, -0.05) is 12.8 Å². The topological polar surface area (TPSA) is 74.0 Å². The molecule has 1 saturated carbocycles. The van der Waals surface area contributed by atoms with Crippen molar-refractivity contribution < 1.29 is 9.32 Å². The maximum atomic E-state index is 12.0. The maximum absolute atomic E-state index is 12.0. The zero-order chi connectivity index (χ0) is 17.2. The van der Waals surface area contributed by atoms with Gasteiger partial charge in [0.25, 0.3) is 0 Å². The van der Waals surface area contributed by atoms with Crippen molar-refractivity contribution in [2.45, 2.75) is 67.2 Å². The van der Waals surface area contributed by atoms with Crippen LogP contribution in [0.25, 0.3) is 0 Å². The van der Waals surface area contributed by atoms with E-state index in [-0.39, 0.29) is 5.25 Å². The Morgan fingerprint density at radius 1 is 1.42 bits per heavy atom. The highest BCUT2D eigenvalue weighted by Gasteiger charge is 2.41. The van der Waals surface area contributed by atoms with Gasteiger partial charge in [-0.3, -0.25) is 4.21 Å². The molecule has 1 aromatic rings. The summed E-state index contributed by atoms with van der Waals surface area (Å²) >= 11 is 1.45. The lowest BCUT2D eigenvalue weighted by atomic mass is 9.86. The molecule has 0 saturated heterocycles. The third-order valence-corrected chi connectivity index (χ3v) is 7.88. The van der Waals surface area contributed by atoms with Gasteiger partial charge < -0.3 is 5.11 Å². The largest absolute Gasteiger partial charge is 0.388 e. The number of thioether (sulfide) groups is 1. The lowest BCUT2D eigenvalue weighted by Gasteiger charge is -2.38. The van der Waals surface area contributed by atoms with E-state index in [1.165, 1.54) is 17.3 Å². The van der Waals surface area contributed by atoms with Gasteiger partial charge in [-0.25, -0.2) is 4.98 Å². The predicted molar refractivity (Wildman–Crippen MR) is 97.6 cm³/mol. The van der Waals surface area contributed by atoms with Gasteiger partial charge in [0.1, 0.15) is 11.1 Å². The summed E-state index contributed by atoms with van der Waals surface area (Å²) in [5, 5.41) is 21.0. The Morgan fingerprint density at radius 2 is 2.21 bits per heavy atom. The first-order valence-corrected chi connectivity index (χ1v) is 11.2. The van der Waals surface area contributed by atoms with Crippen LogP contribution in [-0.2, 0) is 23.6 Å². The molecule has 1 aromatic heterocycles. The van der Waals surface area contributed by atoms with Crippen LogP contribution in [0.2, 0.25) is 0 Å². The van der Waals surface area contributed by atoms with Crippen molar-refractivity contribution in [1.82, 2.24) is 4.98 Å². The normalized spacial score (nSPS) is 28.0. The first-order chi connectivity index (χ1) is 11.5. The third-order valence-electron chi connectivity index (χ3n) is 5.17. The minimum atomic E-state index is -1.04. The zero-order valence-electron chi connectivity index (χ0n) is 14.1. The van der Waals surface area contributed by atoms with Crippen molar-refractivity contribution in [2.24, 2.45) is 0 Å². The standard InChI is InChI=1S/C18H24N2O2S2/c1-24(22)16-8-4-5-9-18(16,21)12-23-17-14(11-19)10-13-6-2-3-7-15(13)20-17/h10,16,21H,2-9,12H2,1H3/t16-,18-,24-/m0/s1. The van der Waals surface area contributed by atoms with Gasteiger partial charge in [-0.2, -0.15) is 5.26 Å². The van der Waals surface area contributed by atoms with E-state index in [0.29, 0.717) is 17.7 Å². The Bertz CT molecular complexity index is 686. The number of aromatic nitrogens is 1. The molecular formula is C18H24N2O2S2. The molecule has 0 aromatic carbocycles. The van der Waals surface area contributed by atoms with E-state index in [1.54, 1.807) is 6.26 Å². The van der Waals surface area contributed by atoms with Crippen LogP contribution in [0.15, 0.2) is 11.1 Å². The van der Waals surface area contributed by atoms with Crippen LogP contribution in [0.4, 0.5) is 0 Å². The van der Waals surface area contributed by atoms with Crippen LogP contribution in [-0.4, -0.2) is 37.2 Å². The molecule has 3 atom stereocenters. The summed E-state index contributed by atoms with van der Waals surface area (Å²) in [6.45, 7) is 0. The molecule has 0 aliphatic heterocycles. The van der Waals surface area contributed by atoms with E-state index >= 15 is 0 Å². The minimum Gasteiger partial charge on any atom is -0.388 e. The predicted octanol–water partition coefficient (Wildman–Crippen LogP) is 2.98. The zero-order valence-corrected chi connectivity index (χ0v) is 15.7. The average Bonchev–Trinajstić information content (AvgIpc) is 2.59.